The van der Waals surface area contributed by atoms with E-state index in [-0.39, 0.29) is 18.1 Å². The third kappa shape index (κ3) is 7.25. The number of rotatable bonds is 7. The molecule has 0 fully saturated rings. The van der Waals surface area contributed by atoms with Crippen LogP contribution in [0.15, 0.2) is 24.0 Å². The van der Waals surface area contributed by atoms with Gasteiger partial charge in [-0.25, -0.2) is 0 Å². The molecule has 1 atom stereocenters. The molecular weight excluding hydrogens is 281 g/mol. The lowest BCUT2D eigenvalue weighted by molar-refractivity contribution is -0.0524. The van der Waals surface area contributed by atoms with Crippen LogP contribution in [-0.2, 0) is 14.3 Å². The lowest BCUT2D eigenvalue weighted by Gasteiger charge is -2.14. The zero-order chi connectivity index (χ0) is 15.3. The summed E-state index contributed by atoms with van der Waals surface area (Å²) < 4.78 is 61.6. The molecule has 0 aromatic carbocycles. The Bertz CT molecular complexity index is 432. The Hall–Kier alpha value is -0.980. The van der Waals surface area contributed by atoms with Crippen LogP contribution >= 0.6 is 0 Å². The van der Waals surface area contributed by atoms with Crippen molar-refractivity contribution in [2.75, 3.05) is 0 Å². The topological polar surface area (TPSA) is 43.4 Å². The summed E-state index contributed by atoms with van der Waals surface area (Å²) in [5.74, 6) is -0.395. The van der Waals surface area contributed by atoms with Crippen molar-refractivity contribution in [2.45, 2.75) is 45.5 Å². The van der Waals surface area contributed by atoms with E-state index in [1.807, 2.05) is 19.9 Å². The second-order valence-corrected chi connectivity index (χ2v) is 6.23. The second-order valence-electron chi connectivity index (χ2n) is 4.69. The van der Waals surface area contributed by atoms with Crippen molar-refractivity contribution in [1.82, 2.24) is 0 Å². The van der Waals surface area contributed by atoms with Crippen molar-refractivity contribution < 1.29 is 25.8 Å². The summed E-state index contributed by atoms with van der Waals surface area (Å²) in [6.45, 7) is 8.91. The fourth-order valence-electron chi connectivity index (χ4n) is 1.38. The summed E-state index contributed by atoms with van der Waals surface area (Å²) >= 11 is 0. The summed E-state index contributed by atoms with van der Waals surface area (Å²) in [5.41, 5.74) is -4.26. The molecule has 0 radical (unpaired) electrons. The van der Waals surface area contributed by atoms with Gasteiger partial charge in [0.05, 0.1) is 0 Å². The van der Waals surface area contributed by atoms with Gasteiger partial charge in [0.15, 0.2) is 0 Å². The highest BCUT2D eigenvalue weighted by atomic mass is 32.2. The molecule has 3 nitrogen and oxygen atoms in total. The van der Waals surface area contributed by atoms with Crippen LogP contribution in [0.2, 0.25) is 0 Å². The molecule has 0 amide bonds. The molecule has 0 bridgehead atoms. The normalized spacial score (nSPS) is 13.8. The molecule has 0 aliphatic rings. The van der Waals surface area contributed by atoms with Gasteiger partial charge in [-0.1, -0.05) is 25.2 Å². The molecule has 0 saturated carbocycles. The summed E-state index contributed by atoms with van der Waals surface area (Å²) in [5, 5.41) is 0. The summed E-state index contributed by atoms with van der Waals surface area (Å²) in [6, 6.07) is 0. The van der Waals surface area contributed by atoms with Gasteiger partial charge in [0.1, 0.15) is 5.76 Å². The van der Waals surface area contributed by atoms with Gasteiger partial charge >= 0.3 is 15.6 Å². The fraction of sp³-hybridized carbons (Fsp3) is 0.667. The first-order valence-corrected chi connectivity index (χ1v) is 7.18. The maximum Gasteiger partial charge on any atom is 0.534 e. The van der Waals surface area contributed by atoms with E-state index in [4.69, 9.17) is 0 Å². The molecule has 19 heavy (non-hydrogen) atoms. The minimum Gasteiger partial charge on any atom is -0.381 e. The zero-order valence-electron chi connectivity index (χ0n) is 11.3. The Labute approximate surface area is 112 Å². The molecule has 0 rings (SSSR count). The maximum absolute atomic E-state index is 12.1. The lowest BCUT2D eigenvalue weighted by atomic mass is 10.0. The van der Waals surface area contributed by atoms with Crippen molar-refractivity contribution in [1.29, 1.82) is 0 Å². The van der Waals surface area contributed by atoms with Crippen LogP contribution in [0.25, 0.3) is 0 Å². The first-order chi connectivity index (χ1) is 8.45. The highest BCUT2D eigenvalue weighted by Gasteiger charge is 2.48. The van der Waals surface area contributed by atoms with Crippen LogP contribution in [-0.4, -0.2) is 13.9 Å². The molecule has 0 aromatic heterocycles. The number of halogens is 3. The molecule has 0 saturated heterocycles. The predicted octanol–water partition coefficient (Wildman–Crippen LogP) is 4.14. The first kappa shape index (κ1) is 18.0. The highest BCUT2D eigenvalue weighted by molar-refractivity contribution is 7.87. The Morgan fingerprint density at radius 2 is 1.89 bits per heavy atom. The molecule has 0 unspecified atom stereocenters. The van der Waals surface area contributed by atoms with Crippen LogP contribution in [0.1, 0.15) is 40.0 Å². The van der Waals surface area contributed by atoms with E-state index in [0.717, 1.165) is 18.4 Å². The number of hydrogen-bond donors (Lipinski definition) is 0. The summed E-state index contributed by atoms with van der Waals surface area (Å²) in [4.78, 5) is 0. The molecule has 0 aromatic rings. The molecule has 0 aliphatic carbocycles. The van der Waals surface area contributed by atoms with Gasteiger partial charge in [-0.15, -0.1) is 0 Å². The average molecular weight is 300 g/mol. The largest absolute Gasteiger partial charge is 0.534 e. The molecular formula is C12H19F3O3S. The van der Waals surface area contributed by atoms with Gasteiger partial charge in [-0.2, -0.15) is 21.6 Å². The van der Waals surface area contributed by atoms with Crippen molar-refractivity contribution in [2.24, 2.45) is 5.92 Å². The Kier molecular flexibility index (Phi) is 6.62. The molecule has 0 aliphatic heterocycles. The van der Waals surface area contributed by atoms with Crippen molar-refractivity contribution in [3.05, 3.63) is 24.0 Å². The van der Waals surface area contributed by atoms with Crippen molar-refractivity contribution in [3.63, 3.8) is 0 Å². The molecule has 112 valence electrons. The predicted molar refractivity (Wildman–Crippen MR) is 67.6 cm³/mol. The zero-order valence-corrected chi connectivity index (χ0v) is 12.1. The SMILES string of the molecule is C=C(C[C@@H](C)CCC=C(C)C)OS(=O)(=O)C(F)(F)F. The van der Waals surface area contributed by atoms with E-state index in [1.165, 1.54) is 0 Å². The van der Waals surface area contributed by atoms with Crippen LogP contribution in [0.5, 0.6) is 0 Å². The number of hydrogen-bond acceptors (Lipinski definition) is 3. The standard InChI is InChI=1S/C12H19F3O3S/c1-9(2)6-5-7-10(3)8-11(4)18-19(16,17)12(13,14)15/h6,10H,4-5,7-8H2,1-3H3/t10-/m0/s1. The van der Waals surface area contributed by atoms with E-state index in [1.54, 1.807) is 6.92 Å². The Balaban J connectivity index is 4.30. The fourth-order valence-corrected chi connectivity index (χ4v) is 1.86. The first-order valence-electron chi connectivity index (χ1n) is 5.77. The minimum absolute atomic E-state index is 0.00784. The highest BCUT2D eigenvalue weighted by Crippen LogP contribution is 2.28. The van der Waals surface area contributed by atoms with Gasteiger partial charge < -0.3 is 4.18 Å². The van der Waals surface area contributed by atoms with Gasteiger partial charge in [0.2, 0.25) is 0 Å². The second kappa shape index (κ2) is 6.98. The number of alkyl halides is 3. The van der Waals surface area contributed by atoms with Crippen molar-refractivity contribution >= 4 is 10.1 Å². The maximum atomic E-state index is 12.1. The Morgan fingerprint density at radius 1 is 1.37 bits per heavy atom. The van der Waals surface area contributed by atoms with Crippen molar-refractivity contribution in [3.8, 4) is 0 Å². The van der Waals surface area contributed by atoms with E-state index in [0.29, 0.717) is 0 Å². The monoisotopic (exact) mass is 300 g/mol. The van der Waals surface area contributed by atoms with E-state index >= 15 is 0 Å². The summed E-state index contributed by atoms with van der Waals surface area (Å²) in [7, 11) is -5.59. The van der Waals surface area contributed by atoms with Gasteiger partial charge in [-0.3, -0.25) is 0 Å². The average Bonchev–Trinajstić information content (AvgIpc) is 2.13. The number of allylic oxidation sites excluding steroid dienone is 3. The van der Waals surface area contributed by atoms with Crippen LogP contribution in [0.3, 0.4) is 0 Å². The van der Waals surface area contributed by atoms with Crippen LogP contribution in [0, 0.1) is 5.92 Å². The quantitative estimate of drug-likeness (QED) is 0.307. The molecule has 0 N–H and O–H groups in total. The smallest absolute Gasteiger partial charge is 0.381 e. The van der Waals surface area contributed by atoms with E-state index < -0.39 is 15.6 Å². The van der Waals surface area contributed by atoms with E-state index in [9.17, 15) is 21.6 Å². The van der Waals surface area contributed by atoms with Gasteiger partial charge in [0, 0.05) is 6.42 Å². The molecule has 7 heteroatoms. The van der Waals surface area contributed by atoms with Gasteiger partial charge in [0.25, 0.3) is 0 Å². The third-order valence-corrected chi connectivity index (χ3v) is 3.32. The third-order valence-electron chi connectivity index (χ3n) is 2.30. The van der Waals surface area contributed by atoms with Crippen LogP contribution < -0.4 is 0 Å². The van der Waals surface area contributed by atoms with Gasteiger partial charge in [-0.05, 0) is 32.6 Å². The summed E-state index contributed by atoms with van der Waals surface area (Å²) in [6.07, 6.45) is 3.58. The Morgan fingerprint density at radius 3 is 2.32 bits per heavy atom. The van der Waals surface area contributed by atoms with E-state index in [2.05, 4.69) is 10.8 Å². The molecule has 0 heterocycles. The molecule has 0 spiro atoms. The lowest BCUT2D eigenvalue weighted by Crippen LogP contribution is -2.25. The minimum atomic E-state index is -5.59. The van der Waals surface area contributed by atoms with Crippen LogP contribution in [0.4, 0.5) is 13.2 Å².